The SMILES string of the molecule is Brc1ccc(Cn2cc(C3CCCCC3)nn2)cc1. The van der Waals surface area contributed by atoms with E-state index >= 15 is 0 Å². The van der Waals surface area contributed by atoms with Gasteiger partial charge in [0.15, 0.2) is 0 Å². The van der Waals surface area contributed by atoms with E-state index in [2.05, 4.69) is 56.7 Å². The lowest BCUT2D eigenvalue weighted by molar-refractivity contribution is 0.436. The summed E-state index contributed by atoms with van der Waals surface area (Å²) in [6, 6.07) is 8.36. The van der Waals surface area contributed by atoms with Crippen molar-refractivity contribution >= 4 is 15.9 Å². The van der Waals surface area contributed by atoms with Gasteiger partial charge in [0.05, 0.1) is 12.2 Å². The van der Waals surface area contributed by atoms with Crippen molar-refractivity contribution in [3.63, 3.8) is 0 Å². The lowest BCUT2D eigenvalue weighted by atomic mass is 9.87. The summed E-state index contributed by atoms with van der Waals surface area (Å²) in [5, 5.41) is 8.62. The third kappa shape index (κ3) is 3.24. The summed E-state index contributed by atoms with van der Waals surface area (Å²) in [7, 11) is 0. The highest BCUT2D eigenvalue weighted by atomic mass is 79.9. The minimum atomic E-state index is 0.632. The Bertz CT molecular complexity index is 527. The first-order valence-corrected chi connectivity index (χ1v) is 7.75. The summed E-state index contributed by atoms with van der Waals surface area (Å²) >= 11 is 3.45. The van der Waals surface area contributed by atoms with Crippen LogP contribution < -0.4 is 0 Å². The number of benzene rings is 1. The van der Waals surface area contributed by atoms with E-state index in [0.29, 0.717) is 5.92 Å². The van der Waals surface area contributed by atoms with Gasteiger partial charge in [0.1, 0.15) is 0 Å². The predicted molar refractivity (Wildman–Crippen MR) is 79.1 cm³/mol. The number of hydrogen-bond acceptors (Lipinski definition) is 2. The number of halogens is 1. The van der Waals surface area contributed by atoms with E-state index in [1.54, 1.807) is 0 Å². The molecule has 3 rings (SSSR count). The molecule has 1 aromatic carbocycles. The van der Waals surface area contributed by atoms with E-state index in [1.165, 1.54) is 43.4 Å². The molecule has 1 aliphatic carbocycles. The Balaban J connectivity index is 1.68. The van der Waals surface area contributed by atoms with Crippen molar-refractivity contribution in [2.75, 3.05) is 0 Å². The van der Waals surface area contributed by atoms with Crippen molar-refractivity contribution in [1.29, 1.82) is 0 Å². The van der Waals surface area contributed by atoms with Crippen LogP contribution in [0.25, 0.3) is 0 Å². The normalized spacial score (nSPS) is 16.7. The van der Waals surface area contributed by atoms with Gasteiger partial charge in [0.25, 0.3) is 0 Å². The molecule has 0 unspecified atom stereocenters. The van der Waals surface area contributed by atoms with Crippen LogP contribution in [0.3, 0.4) is 0 Å². The zero-order chi connectivity index (χ0) is 13.1. The fourth-order valence-corrected chi connectivity index (χ4v) is 3.02. The first-order valence-electron chi connectivity index (χ1n) is 6.96. The van der Waals surface area contributed by atoms with Crippen LogP contribution in [0.15, 0.2) is 34.9 Å². The van der Waals surface area contributed by atoms with E-state index in [0.717, 1.165) is 11.0 Å². The second-order valence-corrected chi connectivity index (χ2v) is 6.22. The van der Waals surface area contributed by atoms with Crippen molar-refractivity contribution in [2.45, 2.75) is 44.6 Å². The van der Waals surface area contributed by atoms with Crippen molar-refractivity contribution < 1.29 is 0 Å². The minimum absolute atomic E-state index is 0.632. The first-order chi connectivity index (χ1) is 9.31. The molecule has 1 fully saturated rings. The standard InChI is InChI=1S/C15H18BrN3/c16-14-8-6-12(7-9-14)10-19-11-15(17-18-19)13-4-2-1-3-5-13/h6-9,11,13H,1-5,10H2. The summed E-state index contributed by atoms with van der Waals surface area (Å²) in [6.07, 6.45) is 8.73. The molecule has 0 spiro atoms. The molecule has 19 heavy (non-hydrogen) atoms. The number of rotatable bonds is 3. The molecule has 2 aromatic rings. The van der Waals surface area contributed by atoms with Gasteiger partial charge in [-0.2, -0.15) is 0 Å². The van der Waals surface area contributed by atoms with Crippen LogP contribution in [-0.2, 0) is 6.54 Å². The molecular formula is C15H18BrN3. The van der Waals surface area contributed by atoms with Gasteiger partial charge in [-0.1, -0.05) is 52.5 Å². The van der Waals surface area contributed by atoms with Gasteiger partial charge in [-0.25, -0.2) is 4.68 Å². The van der Waals surface area contributed by atoms with Crippen LogP contribution in [0.1, 0.15) is 49.3 Å². The third-order valence-electron chi connectivity index (χ3n) is 3.84. The molecule has 1 saturated carbocycles. The van der Waals surface area contributed by atoms with Crippen molar-refractivity contribution in [3.8, 4) is 0 Å². The number of aromatic nitrogens is 3. The van der Waals surface area contributed by atoms with Gasteiger partial charge >= 0.3 is 0 Å². The number of nitrogens with zero attached hydrogens (tertiary/aromatic N) is 3. The summed E-state index contributed by atoms with van der Waals surface area (Å²) < 4.78 is 3.06. The average Bonchev–Trinajstić information content (AvgIpc) is 2.91. The quantitative estimate of drug-likeness (QED) is 0.851. The molecule has 0 radical (unpaired) electrons. The van der Waals surface area contributed by atoms with Gasteiger partial charge in [-0.05, 0) is 30.5 Å². The Morgan fingerprint density at radius 3 is 2.58 bits per heavy atom. The largest absolute Gasteiger partial charge is 0.248 e. The summed E-state index contributed by atoms with van der Waals surface area (Å²) in [5.41, 5.74) is 2.43. The van der Waals surface area contributed by atoms with Crippen molar-refractivity contribution in [1.82, 2.24) is 15.0 Å². The van der Waals surface area contributed by atoms with Gasteiger partial charge < -0.3 is 0 Å². The molecule has 4 heteroatoms. The molecule has 3 nitrogen and oxygen atoms in total. The summed E-state index contributed by atoms with van der Waals surface area (Å²) in [4.78, 5) is 0. The van der Waals surface area contributed by atoms with Crippen LogP contribution >= 0.6 is 15.9 Å². The van der Waals surface area contributed by atoms with Crippen LogP contribution in [0.4, 0.5) is 0 Å². The van der Waals surface area contributed by atoms with E-state index in [9.17, 15) is 0 Å². The van der Waals surface area contributed by atoms with Crippen LogP contribution in [0.2, 0.25) is 0 Å². The smallest absolute Gasteiger partial charge is 0.0858 e. The molecule has 0 amide bonds. The fourth-order valence-electron chi connectivity index (χ4n) is 2.75. The van der Waals surface area contributed by atoms with E-state index < -0.39 is 0 Å². The highest BCUT2D eigenvalue weighted by Crippen LogP contribution is 2.31. The summed E-state index contributed by atoms with van der Waals surface area (Å²) in [5.74, 6) is 0.632. The molecule has 1 aromatic heterocycles. The second kappa shape index (κ2) is 5.87. The Labute approximate surface area is 122 Å². The topological polar surface area (TPSA) is 30.7 Å². The molecular weight excluding hydrogens is 302 g/mol. The Kier molecular flexibility index (Phi) is 3.97. The average molecular weight is 320 g/mol. The van der Waals surface area contributed by atoms with Crippen LogP contribution in [0, 0.1) is 0 Å². The third-order valence-corrected chi connectivity index (χ3v) is 4.37. The molecule has 0 bridgehead atoms. The van der Waals surface area contributed by atoms with E-state index in [1.807, 2.05) is 4.68 Å². The van der Waals surface area contributed by atoms with Crippen LogP contribution in [0.5, 0.6) is 0 Å². The van der Waals surface area contributed by atoms with Crippen molar-refractivity contribution in [2.24, 2.45) is 0 Å². The molecule has 0 saturated heterocycles. The van der Waals surface area contributed by atoms with Crippen LogP contribution in [-0.4, -0.2) is 15.0 Å². The molecule has 1 aliphatic rings. The molecule has 0 N–H and O–H groups in total. The Morgan fingerprint density at radius 1 is 1.11 bits per heavy atom. The molecule has 1 heterocycles. The zero-order valence-corrected chi connectivity index (χ0v) is 12.5. The van der Waals surface area contributed by atoms with Crippen molar-refractivity contribution in [3.05, 3.63) is 46.2 Å². The maximum Gasteiger partial charge on any atom is 0.0858 e. The highest BCUT2D eigenvalue weighted by Gasteiger charge is 2.18. The van der Waals surface area contributed by atoms with Gasteiger partial charge in [0, 0.05) is 16.6 Å². The lowest BCUT2D eigenvalue weighted by Gasteiger charge is -2.18. The highest BCUT2D eigenvalue weighted by molar-refractivity contribution is 9.10. The predicted octanol–water partition coefficient (Wildman–Crippen LogP) is 4.14. The molecule has 100 valence electrons. The minimum Gasteiger partial charge on any atom is -0.248 e. The Morgan fingerprint density at radius 2 is 1.84 bits per heavy atom. The number of hydrogen-bond donors (Lipinski definition) is 0. The van der Waals surface area contributed by atoms with Gasteiger partial charge in [0.2, 0.25) is 0 Å². The zero-order valence-electron chi connectivity index (χ0n) is 10.9. The monoisotopic (exact) mass is 319 g/mol. The second-order valence-electron chi connectivity index (χ2n) is 5.30. The molecule has 0 atom stereocenters. The van der Waals surface area contributed by atoms with Gasteiger partial charge in [-0.3, -0.25) is 0 Å². The maximum atomic E-state index is 4.36. The lowest BCUT2D eigenvalue weighted by Crippen LogP contribution is -2.04. The fraction of sp³-hybridized carbons (Fsp3) is 0.467. The molecule has 0 aliphatic heterocycles. The maximum absolute atomic E-state index is 4.36. The first kappa shape index (κ1) is 12.9. The van der Waals surface area contributed by atoms with Gasteiger partial charge in [-0.15, -0.1) is 5.10 Å². The Hall–Kier alpha value is -1.16. The summed E-state index contributed by atoms with van der Waals surface area (Å²) in [6.45, 7) is 0.799. The van der Waals surface area contributed by atoms with E-state index in [4.69, 9.17) is 0 Å². The van der Waals surface area contributed by atoms with E-state index in [-0.39, 0.29) is 0 Å².